The summed E-state index contributed by atoms with van der Waals surface area (Å²) in [6.07, 6.45) is 0. The van der Waals surface area contributed by atoms with Gasteiger partial charge in [0.2, 0.25) is 0 Å². The number of nitrogens with zero attached hydrogens (tertiary/aromatic N) is 1. The number of ketones is 1. The van der Waals surface area contributed by atoms with Crippen LogP contribution in [0.1, 0.15) is 10.4 Å². The van der Waals surface area contributed by atoms with Gasteiger partial charge in [-0.2, -0.15) is 0 Å². The molecule has 0 aliphatic carbocycles. The Kier molecular flexibility index (Phi) is 7.67. The highest BCUT2D eigenvalue weighted by molar-refractivity contribution is 6.30. The van der Waals surface area contributed by atoms with Gasteiger partial charge in [-0.3, -0.25) is 9.69 Å². The summed E-state index contributed by atoms with van der Waals surface area (Å²) in [5, 5.41) is 0.632. The van der Waals surface area contributed by atoms with E-state index in [9.17, 15) is 4.79 Å². The molecule has 0 N–H and O–H groups in total. The van der Waals surface area contributed by atoms with Gasteiger partial charge in [-0.15, -0.1) is 0 Å². The van der Waals surface area contributed by atoms with Crippen molar-refractivity contribution >= 4 is 17.4 Å². The number of hydrogen-bond acceptors (Lipinski definition) is 4. The zero-order valence-electron chi connectivity index (χ0n) is 11.4. The Morgan fingerprint density at radius 3 is 2.11 bits per heavy atom. The van der Waals surface area contributed by atoms with E-state index in [1.807, 2.05) is 4.90 Å². The minimum Gasteiger partial charge on any atom is -0.383 e. The number of carbonyl (C=O) groups excluding carboxylic acids is 1. The van der Waals surface area contributed by atoms with Crippen LogP contribution >= 0.6 is 11.6 Å². The summed E-state index contributed by atoms with van der Waals surface area (Å²) in [5.41, 5.74) is 0.671. The van der Waals surface area contributed by atoms with Crippen molar-refractivity contribution in [3.63, 3.8) is 0 Å². The molecule has 0 aliphatic rings. The number of halogens is 1. The van der Waals surface area contributed by atoms with E-state index in [4.69, 9.17) is 21.1 Å². The van der Waals surface area contributed by atoms with Crippen molar-refractivity contribution in [3.05, 3.63) is 34.9 Å². The quantitative estimate of drug-likeness (QED) is 0.652. The lowest BCUT2D eigenvalue weighted by atomic mass is 10.1. The van der Waals surface area contributed by atoms with E-state index in [1.54, 1.807) is 38.5 Å². The third-order valence-corrected chi connectivity index (χ3v) is 3.01. The van der Waals surface area contributed by atoms with Gasteiger partial charge in [0.1, 0.15) is 0 Å². The molecular formula is C14H20ClNO3. The summed E-state index contributed by atoms with van der Waals surface area (Å²) < 4.78 is 10.1. The van der Waals surface area contributed by atoms with Crippen LogP contribution in [-0.4, -0.2) is 57.8 Å². The van der Waals surface area contributed by atoms with Gasteiger partial charge in [-0.05, 0) is 24.3 Å². The van der Waals surface area contributed by atoms with Crippen molar-refractivity contribution in [2.75, 3.05) is 47.1 Å². The molecule has 4 nitrogen and oxygen atoms in total. The molecule has 1 aromatic carbocycles. The van der Waals surface area contributed by atoms with Crippen LogP contribution in [0.3, 0.4) is 0 Å². The minimum atomic E-state index is 0.0730. The maximum atomic E-state index is 12.1. The van der Waals surface area contributed by atoms with E-state index in [1.165, 1.54) is 0 Å². The van der Waals surface area contributed by atoms with Crippen LogP contribution in [0.4, 0.5) is 0 Å². The summed E-state index contributed by atoms with van der Waals surface area (Å²) in [7, 11) is 3.30. The maximum Gasteiger partial charge on any atom is 0.176 e. The van der Waals surface area contributed by atoms with Gasteiger partial charge in [0.05, 0.1) is 19.8 Å². The molecule has 0 amide bonds. The Bertz CT molecular complexity index is 373. The van der Waals surface area contributed by atoms with Gasteiger partial charge in [0, 0.05) is 37.9 Å². The van der Waals surface area contributed by atoms with Crippen LogP contribution in [-0.2, 0) is 9.47 Å². The molecule has 0 spiro atoms. The smallest absolute Gasteiger partial charge is 0.176 e. The van der Waals surface area contributed by atoms with E-state index < -0.39 is 0 Å². The number of ether oxygens (including phenoxy) is 2. The van der Waals surface area contributed by atoms with Gasteiger partial charge >= 0.3 is 0 Å². The molecule has 0 bridgehead atoms. The average Bonchev–Trinajstić information content (AvgIpc) is 2.42. The molecule has 0 unspecified atom stereocenters. The molecule has 0 radical (unpaired) electrons. The Morgan fingerprint density at radius 1 is 1.11 bits per heavy atom. The lowest BCUT2D eigenvalue weighted by Crippen LogP contribution is -2.35. The van der Waals surface area contributed by atoms with E-state index in [0.717, 1.165) is 0 Å². The lowest BCUT2D eigenvalue weighted by molar-refractivity contribution is 0.0837. The highest BCUT2D eigenvalue weighted by Crippen LogP contribution is 2.10. The monoisotopic (exact) mass is 285 g/mol. The topological polar surface area (TPSA) is 38.8 Å². The van der Waals surface area contributed by atoms with E-state index in [2.05, 4.69) is 0 Å². The fourth-order valence-electron chi connectivity index (χ4n) is 1.64. The summed E-state index contributed by atoms with van der Waals surface area (Å²) >= 11 is 5.80. The van der Waals surface area contributed by atoms with Crippen molar-refractivity contribution in [1.29, 1.82) is 0 Å². The molecule has 1 rings (SSSR count). The molecule has 19 heavy (non-hydrogen) atoms. The number of hydrogen-bond donors (Lipinski definition) is 0. The number of benzene rings is 1. The first kappa shape index (κ1) is 16.1. The first-order valence-electron chi connectivity index (χ1n) is 6.16. The highest BCUT2D eigenvalue weighted by Gasteiger charge is 2.12. The molecule has 0 aromatic heterocycles. The molecule has 0 fully saturated rings. The first-order valence-corrected chi connectivity index (χ1v) is 6.54. The molecule has 1 aromatic rings. The zero-order chi connectivity index (χ0) is 14.1. The maximum absolute atomic E-state index is 12.1. The largest absolute Gasteiger partial charge is 0.383 e. The second-order valence-electron chi connectivity index (χ2n) is 4.19. The molecule has 106 valence electrons. The second kappa shape index (κ2) is 9.04. The van der Waals surface area contributed by atoms with Crippen molar-refractivity contribution in [2.24, 2.45) is 0 Å². The summed E-state index contributed by atoms with van der Waals surface area (Å²) in [6, 6.07) is 6.94. The first-order chi connectivity index (χ1) is 9.17. The van der Waals surface area contributed by atoms with Gasteiger partial charge in [0.25, 0.3) is 0 Å². The molecule has 0 atom stereocenters. The van der Waals surface area contributed by atoms with Crippen LogP contribution in [0.5, 0.6) is 0 Å². The normalized spacial score (nSPS) is 10.9. The summed E-state index contributed by atoms with van der Waals surface area (Å²) in [4.78, 5) is 14.1. The SMILES string of the molecule is COCCN(CCOC)CC(=O)c1ccc(Cl)cc1. The zero-order valence-corrected chi connectivity index (χ0v) is 12.2. The molecule has 5 heteroatoms. The predicted molar refractivity (Wildman–Crippen MR) is 76.0 cm³/mol. The molecule has 0 aliphatic heterocycles. The fourth-order valence-corrected chi connectivity index (χ4v) is 1.77. The standard InChI is InChI=1S/C14H20ClNO3/c1-18-9-7-16(8-10-19-2)11-14(17)12-3-5-13(15)6-4-12/h3-6H,7-11H2,1-2H3. The second-order valence-corrected chi connectivity index (χ2v) is 4.63. The predicted octanol–water partition coefficient (Wildman–Crippen LogP) is 2.12. The van der Waals surface area contributed by atoms with Crippen molar-refractivity contribution in [3.8, 4) is 0 Å². The van der Waals surface area contributed by atoms with Crippen LogP contribution in [0.25, 0.3) is 0 Å². The number of methoxy groups -OCH3 is 2. The lowest BCUT2D eigenvalue weighted by Gasteiger charge is -2.20. The van der Waals surface area contributed by atoms with Crippen LogP contribution in [0, 0.1) is 0 Å². The van der Waals surface area contributed by atoms with Gasteiger partial charge in [-0.25, -0.2) is 0 Å². The van der Waals surface area contributed by atoms with Gasteiger partial charge in [0.15, 0.2) is 5.78 Å². The Labute approximate surface area is 119 Å². The molecule has 0 saturated carbocycles. The van der Waals surface area contributed by atoms with Gasteiger partial charge in [-0.1, -0.05) is 11.6 Å². The van der Waals surface area contributed by atoms with Crippen molar-refractivity contribution < 1.29 is 14.3 Å². The number of rotatable bonds is 9. The molecular weight excluding hydrogens is 266 g/mol. The van der Waals surface area contributed by atoms with E-state index in [-0.39, 0.29) is 5.78 Å². The summed E-state index contributed by atoms with van der Waals surface area (Å²) in [6.45, 7) is 2.96. The summed E-state index contributed by atoms with van der Waals surface area (Å²) in [5.74, 6) is 0.0730. The Balaban J connectivity index is 2.56. The van der Waals surface area contributed by atoms with Crippen LogP contribution < -0.4 is 0 Å². The minimum absolute atomic E-state index is 0.0730. The number of carbonyl (C=O) groups is 1. The van der Waals surface area contributed by atoms with E-state index in [0.29, 0.717) is 43.4 Å². The van der Waals surface area contributed by atoms with E-state index >= 15 is 0 Å². The molecule has 0 heterocycles. The van der Waals surface area contributed by atoms with Crippen molar-refractivity contribution in [2.45, 2.75) is 0 Å². The van der Waals surface area contributed by atoms with Crippen LogP contribution in [0.2, 0.25) is 5.02 Å². The Morgan fingerprint density at radius 2 is 1.63 bits per heavy atom. The fraction of sp³-hybridized carbons (Fsp3) is 0.500. The van der Waals surface area contributed by atoms with Gasteiger partial charge < -0.3 is 9.47 Å². The third kappa shape index (κ3) is 6.16. The van der Waals surface area contributed by atoms with Crippen molar-refractivity contribution in [1.82, 2.24) is 4.90 Å². The van der Waals surface area contributed by atoms with Crippen LogP contribution in [0.15, 0.2) is 24.3 Å². The molecule has 0 saturated heterocycles. The third-order valence-electron chi connectivity index (χ3n) is 2.76. The number of Topliss-reactive ketones (excluding diaryl/α,β-unsaturated/α-hetero) is 1. The average molecular weight is 286 g/mol. The Hall–Kier alpha value is -0.940. The highest BCUT2D eigenvalue weighted by atomic mass is 35.5.